The zero-order chi connectivity index (χ0) is 16.8. The van der Waals surface area contributed by atoms with Gasteiger partial charge in [-0.2, -0.15) is 0 Å². The number of hydrogen-bond acceptors (Lipinski definition) is 3. The molecule has 0 aromatic heterocycles. The normalized spacial score (nSPS) is 17.9. The second kappa shape index (κ2) is 8.44. The molecule has 0 spiro atoms. The van der Waals surface area contributed by atoms with Gasteiger partial charge in [-0.1, -0.05) is 18.5 Å². The molecule has 4 nitrogen and oxygen atoms in total. The fraction of sp³-hybridized carbons (Fsp3) is 0.611. The molecule has 1 fully saturated rings. The molecule has 1 atom stereocenters. The lowest BCUT2D eigenvalue weighted by Gasteiger charge is -2.35. The van der Waals surface area contributed by atoms with Gasteiger partial charge in [-0.05, 0) is 44.2 Å². The maximum Gasteiger partial charge on any atom is 0.224 e. The average Bonchev–Trinajstić information content (AvgIpc) is 2.57. The Balaban J connectivity index is 1.91. The number of piperidine rings is 1. The van der Waals surface area contributed by atoms with E-state index in [1.165, 1.54) is 6.42 Å². The summed E-state index contributed by atoms with van der Waals surface area (Å²) in [4.78, 5) is 14.5. The Labute approximate surface area is 144 Å². The molecule has 0 aliphatic carbocycles. The molecule has 128 valence electrons. The number of nitrogens with zero attached hydrogens (tertiary/aromatic N) is 1. The van der Waals surface area contributed by atoms with Gasteiger partial charge in [-0.15, -0.1) is 0 Å². The molecule has 23 heavy (non-hydrogen) atoms. The zero-order valence-corrected chi connectivity index (χ0v) is 15.1. The fourth-order valence-electron chi connectivity index (χ4n) is 3.17. The zero-order valence-electron chi connectivity index (χ0n) is 14.3. The lowest BCUT2D eigenvalue weighted by atomic mass is 9.99. The average molecular weight is 339 g/mol. The number of benzene rings is 1. The Morgan fingerprint density at radius 3 is 2.91 bits per heavy atom. The maximum atomic E-state index is 12.5. The first-order chi connectivity index (χ1) is 11.1. The second-order valence-corrected chi connectivity index (χ2v) is 6.53. The minimum Gasteiger partial charge on any atom is -0.495 e. The quantitative estimate of drug-likeness (QED) is 0.843. The minimum absolute atomic E-state index is 0.244. The van der Waals surface area contributed by atoms with Crippen molar-refractivity contribution in [1.82, 2.24) is 4.90 Å². The number of likely N-dealkylation sites (tertiary alicyclic amines) is 1. The van der Waals surface area contributed by atoms with Gasteiger partial charge in [0, 0.05) is 36.6 Å². The lowest BCUT2D eigenvalue weighted by molar-refractivity contribution is -0.134. The maximum absolute atomic E-state index is 12.5. The first-order valence-electron chi connectivity index (χ1n) is 8.44. The number of hydrogen-bond donors (Lipinski definition) is 1. The van der Waals surface area contributed by atoms with E-state index < -0.39 is 0 Å². The SMILES string of the molecule is CCC1CCCCN1C(=O)CCNc1cc(C)c(Cl)cc1OC. The van der Waals surface area contributed by atoms with Crippen LogP contribution in [0.5, 0.6) is 5.75 Å². The summed E-state index contributed by atoms with van der Waals surface area (Å²) in [6, 6.07) is 4.18. The van der Waals surface area contributed by atoms with Crippen LogP contribution in [0.15, 0.2) is 12.1 Å². The van der Waals surface area contributed by atoms with Gasteiger partial charge in [0.1, 0.15) is 5.75 Å². The van der Waals surface area contributed by atoms with E-state index in [1.807, 2.05) is 13.0 Å². The fourth-order valence-corrected chi connectivity index (χ4v) is 3.33. The topological polar surface area (TPSA) is 41.6 Å². The summed E-state index contributed by atoms with van der Waals surface area (Å²) < 4.78 is 5.35. The Bertz CT molecular complexity index is 548. The Morgan fingerprint density at radius 1 is 1.43 bits per heavy atom. The molecule has 1 N–H and O–H groups in total. The van der Waals surface area contributed by atoms with Crippen molar-refractivity contribution in [3.63, 3.8) is 0 Å². The number of methoxy groups -OCH3 is 1. The highest BCUT2D eigenvalue weighted by molar-refractivity contribution is 6.31. The van der Waals surface area contributed by atoms with Gasteiger partial charge in [0.2, 0.25) is 5.91 Å². The number of nitrogens with one attached hydrogen (secondary N) is 1. The number of carbonyl (C=O) groups excluding carboxylic acids is 1. The highest BCUT2D eigenvalue weighted by atomic mass is 35.5. The van der Waals surface area contributed by atoms with E-state index in [4.69, 9.17) is 16.3 Å². The third kappa shape index (κ3) is 4.54. The predicted octanol–water partition coefficient (Wildman–Crippen LogP) is 4.25. The van der Waals surface area contributed by atoms with Gasteiger partial charge in [0.25, 0.3) is 0 Å². The van der Waals surface area contributed by atoms with Crippen molar-refractivity contribution >= 4 is 23.2 Å². The molecule has 5 heteroatoms. The number of halogens is 1. The smallest absolute Gasteiger partial charge is 0.224 e. The van der Waals surface area contributed by atoms with Crippen LogP contribution in [0.3, 0.4) is 0 Å². The van der Waals surface area contributed by atoms with Crippen LogP contribution in [-0.4, -0.2) is 37.0 Å². The number of anilines is 1. The van der Waals surface area contributed by atoms with E-state index in [0.29, 0.717) is 29.8 Å². The standard InChI is InChI=1S/C18H27ClN2O2/c1-4-14-7-5-6-10-21(14)18(22)8-9-20-16-11-13(2)15(19)12-17(16)23-3/h11-12,14,20H,4-10H2,1-3H3. The van der Waals surface area contributed by atoms with Gasteiger partial charge in [0.15, 0.2) is 0 Å². The van der Waals surface area contributed by atoms with Crippen LogP contribution >= 0.6 is 11.6 Å². The van der Waals surface area contributed by atoms with Gasteiger partial charge in [0.05, 0.1) is 12.8 Å². The molecule has 1 aromatic carbocycles. The first kappa shape index (κ1) is 17.9. The molecule has 1 aromatic rings. The molecule has 1 saturated heterocycles. The summed E-state index contributed by atoms with van der Waals surface area (Å²) in [5, 5.41) is 3.99. The molecular formula is C18H27ClN2O2. The molecule has 1 unspecified atom stereocenters. The van der Waals surface area contributed by atoms with Crippen LogP contribution in [0.2, 0.25) is 5.02 Å². The number of carbonyl (C=O) groups is 1. The number of amides is 1. The minimum atomic E-state index is 0.244. The Morgan fingerprint density at radius 2 is 2.22 bits per heavy atom. The lowest BCUT2D eigenvalue weighted by Crippen LogP contribution is -2.43. The number of ether oxygens (including phenoxy) is 1. The Hall–Kier alpha value is -1.42. The van der Waals surface area contributed by atoms with E-state index in [-0.39, 0.29) is 5.91 Å². The van der Waals surface area contributed by atoms with E-state index in [2.05, 4.69) is 17.1 Å². The molecule has 2 rings (SSSR count). The number of rotatable bonds is 6. The van der Waals surface area contributed by atoms with Crippen LogP contribution in [-0.2, 0) is 4.79 Å². The molecule has 1 aliphatic heterocycles. The third-order valence-corrected chi connectivity index (χ3v) is 4.96. The molecule has 1 aliphatic rings. The van der Waals surface area contributed by atoms with Crippen molar-refractivity contribution in [2.24, 2.45) is 0 Å². The van der Waals surface area contributed by atoms with Gasteiger partial charge < -0.3 is 15.0 Å². The van der Waals surface area contributed by atoms with E-state index in [0.717, 1.165) is 37.1 Å². The van der Waals surface area contributed by atoms with Gasteiger partial charge in [-0.3, -0.25) is 4.79 Å². The summed E-state index contributed by atoms with van der Waals surface area (Å²) in [7, 11) is 1.62. The van der Waals surface area contributed by atoms with Crippen molar-refractivity contribution in [3.05, 3.63) is 22.7 Å². The van der Waals surface area contributed by atoms with E-state index >= 15 is 0 Å². The molecule has 1 amide bonds. The predicted molar refractivity (Wildman–Crippen MR) is 95.5 cm³/mol. The van der Waals surface area contributed by atoms with E-state index in [9.17, 15) is 4.79 Å². The van der Waals surface area contributed by atoms with Crippen molar-refractivity contribution in [3.8, 4) is 5.75 Å². The summed E-state index contributed by atoms with van der Waals surface area (Å²) in [6.07, 6.45) is 5.05. The monoisotopic (exact) mass is 338 g/mol. The molecular weight excluding hydrogens is 312 g/mol. The van der Waals surface area contributed by atoms with Crippen LogP contribution < -0.4 is 10.1 Å². The van der Waals surface area contributed by atoms with E-state index in [1.54, 1.807) is 13.2 Å². The van der Waals surface area contributed by atoms with Crippen molar-refractivity contribution in [2.75, 3.05) is 25.5 Å². The summed E-state index contributed by atoms with van der Waals surface area (Å²) in [5.74, 6) is 0.950. The van der Waals surface area contributed by atoms with Crippen LogP contribution in [0.4, 0.5) is 5.69 Å². The summed E-state index contributed by atoms with van der Waals surface area (Å²) in [6.45, 7) is 5.62. The highest BCUT2D eigenvalue weighted by Crippen LogP contribution is 2.31. The highest BCUT2D eigenvalue weighted by Gasteiger charge is 2.24. The summed E-state index contributed by atoms with van der Waals surface area (Å²) >= 11 is 6.11. The van der Waals surface area contributed by atoms with Crippen molar-refractivity contribution in [1.29, 1.82) is 0 Å². The molecule has 1 heterocycles. The largest absolute Gasteiger partial charge is 0.495 e. The second-order valence-electron chi connectivity index (χ2n) is 6.12. The van der Waals surface area contributed by atoms with Gasteiger partial charge >= 0.3 is 0 Å². The van der Waals surface area contributed by atoms with Crippen LogP contribution in [0, 0.1) is 6.92 Å². The Kier molecular flexibility index (Phi) is 6.58. The van der Waals surface area contributed by atoms with Crippen molar-refractivity contribution in [2.45, 2.75) is 52.0 Å². The third-order valence-electron chi connectivity index (χ3n) is 4.55. The van der Waals surface area contributed by atoms with Crippen LogP contribution in [0.25, 0.3) is 0 Å². The summed E-state index contributed by atoms with van der Waals surface area (Å²) in [5.41, 5.74) is 1.87. The number of aryl methyl sites for hydroxylation is 1. The molecule has 0 radical (unpaired) electrons. The first-order valence-corrected chi connectivity index (χ1v) is 8.82. The van der Waals surface area contributed by atoms with Gasteiger partial charge in [-0.25, -0.2) is 0 Å². The van der Waals surface area contributed by atoms with Crippen molar-refractivity contribution < 1.29 is 9.53 Å². The van der Waals surface area contributed by atoms with Crippen LogP contribution in [0.1, 0.15) is 44.6 Å². The molecule has 0 bridgehead atoms. The molecule has 0 saturated carbocycles.